The predicted molar refractivity (Wildman–Crippen MR) is 138 cm³/mol. The average molecular weight is 472 g/mol. The fourth-order valence-corrected chi connectivity index (χ4v) is 5.52. The summed E-state index contributed by atoms with van der Waals surface area (Å²) >= 11 is 0. The van der Waals surface area contributed by atoms with Gasteiger partial charge in [0.25, 0.3) is 5.91 Å². The first-order valence-electron chi connectivity index (χ1n) is 13.1. The van der Waals surface area contributed by atoms with E-state index in [1.165, 1.54) is 11.1 Å². The number of hydrogen-bond donors (Lipinski definition) is 0. The number of carbonyl (C=O) groups excluding carboxylic acids is 1. The first kappa shape index (κ1) is 23.7. The van der Waals surface area contributed by atoms with Crippen LogP contribution in [0.3, 0.4) is 0 Å². The highest BCUT2D eigenvalue weighted by Gasteiger charge is 2.42. The molecule has 6 heteroatoms. The topological polar surface area (TPSA) is 54.3 Å². The molecular weight excluding hydrogens is 434 g/mol. The molecule has 0 bridgehead atoms. The van der Waals surface area contributed by atoms with Crippen LogP contribution >= 0.6 is 0 Å². The number of piperidine rings is 1. The molecule has 3 heterocycles. The van der Waals surface area contributed by atoms with Gasteiger partial charge in [-0.3, -0.25) is 19.4 Å². The minimum atomic E-state index is 0.0964. The van der Waals surface area contributed by atoms with Gasteiger partial charge in [-0.1, -0.05) is 36.4 Å². The lowest BCUT2D eigenvalue weighted by atomic mass is 9.84. The van der Waals surface area contributed by atoms with Gasteiger partial charge in [0.2, 0.25) is 0 Å². The van der Waals surface area contributed by atoms with Crippen molar-refractivity contribution in [3.63, 3.8) is 0 Å². The Morgan fingerprint density at radius 2 is 1.80 bits per heavy atom. The lowest BCUT2D eigenvalue weighted by Gasteiger charge is -2.41. The van der Waals surface area contributed by atoms with Crippen LogP contribution in [-0.2, 0) is 19.5 Å². The van der Waals surface area contributed by atoms with Gasteiger partial charge in [0.05, 0.1) is 5.69 Å². The van der Waals surface area contributed by atoms with E-state index in [4.69, 9.17) is 0 Å². The Hall–Kier alpha value is -2.99. The van der Waals surface area contributed by atoms with Crippen molar-refractivity contribution in [1.29, 1.82) is 0 Å². The lowest BCUT2D eigenvalue weighted by molar-refractivity contribution is 0.0477. The zero-order chi connectivity index (χ0) is 24.2. The number of pyridine rings is 1. The van der Waals surface area contributed by atoms with Crippen molar-refractivity contribution in [2.75, 3.05) is 13.1 Å². The molecule has 6 nitrogen and oxygen atoms in total. The Bertz CT molecular complexity index is 1100. The molecule has 1 aromatic carbocycles. The molecule has 2 aromatic heterocycles. The van der Waals surface area contributed by atoms with Crippen LogP contribution in [0.5, 0.6) is 0 Å². The Labute approximate surface area is 209 Å². The highest BCUT2D eigenvalue weighted by atomic mass is 16.2. The van der Waals surface area contributed by atoms with Crippen LogP contribution < -0.4 is 0 Å². The number of carbonyl (C=O) groups is 1. The van der Waals surface area contributed by atoms with Crippen molar-refractivity contribution in [2.24, 2.45) is 5.92 Å². The highest BCUT2D eigenvalue weighted by Crippen LogP contribution is 2.36. The van der Waals surface area contributed by atoms with Crippen LogP contribution in [0.4, 0.5) is 0 Å². The number of benzene rings is 1. The van der Waals surface area contributed by atoms with E-state index in [1.807, 2.05) is 22.9 Å². The Morgan fingerprint density at radius 3 is 2.43 bits per heavy atom. The third kappa shape index (κ3) is 5.64. The van der Waals surface area contributed by atoms with E-state index in [1.54, 1.807) is 6.20 Å². The van der Waals surface area contributed by atoms with Crippen LogP contribution in [-0.4, -0.2) is 55.6 Å². The van der Waals surface area contributed by atoms with Crippen molar-refractivity contribution in [1.82, 2.24) is 24.6 Å². The summed E-state index contributed by atoms with van der Waals surface area (Å²) in [5, 5.41) is 4.62. The number of amides is 1. The molecule has 1 unspecified atom stereocenters. The summed E-state index contributed by atoms with van der Waals surface area (Å²) in [5.41, 5.74) is 4.34. The molecule has 1 amide bonds. The minimum Gasteiger partial charge on any atom is -0.331 e. The van der Waals surface area contributed by atoms with Gasteiger partial charge in [0, 0.05) is 43.1 Å². The van der Waals surface area contributed by atoms with Crippen LogP contribution in [0.15, 0.2) is 60.9 Å². The number of likely N-dealkylation sites (tertiary alicyclic amines) is 1. The third-order valence-corrected chi connectivity index (χ3v) is 7.65. The molecule has 5 rings (SSSR count). The van der Waals surface area contributed by atoms with Gasteiger partial charge in [0.15, 0.2) is 0 Å². The van der Waals surface area contributed by atoms with Crippen LogP contribution in [0.25, 0.3) is 0 Å². The SMILES string of the molecule is CCn1cc(CN2CCC(C(Cc3ccccc3)N(C(=O)c3ccccn3)C3CC3)CC2)c(C)n1. The first-order chi connectivity index (χ1) is 17.1. The molecule has 0 N–H and O–H groups in total. The number of hydrogen-bond acceptors (Lipinski definition) is 4. The van der Waals surface area contributed by atoms with Crippen molar-refractivity contribution in [3.8, 4) is 0 Å². The molecule has 1 aliphatic heterocycles. The van der Waals surface area contributed by atoms with E-state index in [9.17, 15) is 4.79 Å². The van der Waals surface area contributed by atoms with Crippen LogP contribution in [0.2, 0.25) is 0 Å². The highest BCUT2D eigenvalue weighted by molar-refractivity contribution is 5.93. The van der Waals surface area contributed by atoms with E-state index < -0.39 is 0 Å². The van der Waals surface area contributed by atoms with Crippen LogP contribution in [0, 0.1) is 12.8 Å². The standard InChI is InChI=1S/C29H37N5O/c1-3-33-21-25(22(2)31-33)20-32-17-14-24(15-18-32)28(19-23-9-5-4-6-10-23)34(26-12-13-26)29(35)27-11-7-8-16-30-27/h4-11,16,21,24,26,28H,3,12-15,17-20H2,1-2H3. The molecule has 1 aliphatic carbocycles. The number of rotatable bonds is 9. The molecule has 1 saturated carbocycles. The van der Waals surface area contributed by atoms with Crippen molar-refractivity contribution >= 4 is 5.91 Å². The monoisotopic (exact) mass is 471 g/mol. The summed E-state index contributed by atoms with van der Waals surface area (Å²) in [7, 11) is 0. The summed E-state index contributed by atoms with van der Waals surface area (Å²) in [6.07, 6.45) is 9.25. The van der Waals surface area contributed by atoms with E-state index in [0.29, 0.717) is 17.7 Å². The van der Waals surface area contributed by atoms with Gasteiger partial charge in [-0.25, -0.2) is 0 Å². The summed E-state index contributed by atoms with van der Waals surface area (Å²) < 4.78 is 2.03. The van der Waals surface area contributed by atoms with Gasteiger partial charge >= 0.3 is 0 Å². The molecule has 2 aliphatic rings. The fourth-order valence-electron chi connectivity index (χ4n) is 5.52. The molecule has 2 fully saturated rings. The van der Waals surface area contributed by atoms with Gasteiger partial charge in [-0.2, -0.15) is 5.10 Å². The fraction of sp³-hybridized carbons (Fsp3) is 0.483. The van der Waals surface area contributed by atoms with Crippen molar-refractivity contribution < 1.29 is 4.79 Å². The largest absolute Gasteiger partial charge is 0.331 e. The normalized spacial score (nSPS) is 17.9. The van der Waals surface area contributed by atoms with E-state index in [2.05, 4.69) is 70.3 Å². The quantitative estimate of drug-likeness (QED) is 0.453. The molecule has 1 saturated heterocycles. The van der Waals surface area contributed by atoms with E-state index in [0.717, 1.165) is 64.0 Å². The minimum absolute atomic E-state index is 0.0964. The first-order valence-corrected chi connectivity index (χ1v) is 13.1. The Balaban J connectivity index is 1.33. The molecule has 0 radical (unpaired) electrons. The zero-order valence-corrected chi connectivity index (χ0v) is 21.0. The molecule has 184 valence electrons. The third-order valence-electron chi connectivity index (χ3n) is 7.65. The zero-order valence-electron chi connectivity index (χ0n) is 21.0. The Kier molecular flexibility index (Phi) is 7.28. The maximum atomic E-state index is 13.7. The van der Waals surface area contributed by atoms with Gasteiger partial charge < -0.3 is 4.90 Å². The number of aryl methyl sites for hydroxylation is 2. The molecule has 1 atom stereocenters. The predicted octanol–water partition coefficient (Wildman–Crippen LogP) is 4.73. The second-order valence-electron chi connectivity index (χ2n) is 10.1. The van der Waals surface area contributed by atoms with Crippen molar-refractivity contribution in [3.05, 3.63) is 83.4 Å². The maximum absolute atomic E-state index is 13.7. The lowest BCUT2D eigenvalue weighted by Crippen LogP contribution is -2.50. The summed E-state index contributed by atoms with van der Waals surface area (Å²) in [4.78, 5) is 22.9. The molecular formula is C29H37N5O. The smallest absolute Gasteiger partial charge is 0.272 e. The molecule has 0 spiro atoms. The maximum Gasteiger partial charge on any atom is 0.272 e. The van der Waals surface area contributed by atoms with Gasteiger partial charge in [-0.15, -0.1) is 0 Å². The summed E-state index contributed by atoms with van der Waals surface area (Å²) in [6.45, 7) is 8.23. The van der Waals surface area contributed by atoms with Crippen LogP contribution in [0.1, 0.15) is 59.9 Å². The van der Waals surface area contributed by atoms with Gasteiger partial charge in [0.1, 0.15) is 5.69 Å². The molecule has 3 aromatic rings. The molecule has 35 heavy (non-hydrogen) atoms. The summed E-state index contributed by atoms with van der Waals surface area (Å²) in [5.74, 6) is 0.582. The van der Waals surface area contributed by atoms with Gasteiger partial charge in [-0.05, 0) is 82.7 Å². The summed E-state index contributed by atoms with van der Waals surface area (Å²) in [6, 6.07) is 16.9. The average Bonchev–Trinajstić information content (AvgIpc) is 3.67. The Morgan fingerprint density at radius 1 is 1.06 bits per heavy atom. The second kappa shape index (κ2) is 10.7. The van der Waals surface area contributed by atoms with E-state index >= 15 is 0 Å². The number of nitrogens with zero attached hydrogens (tertiary/aromatic N) is 5. The van der Waals surface area contributed by atoms with E-state index in [-0.39, 0.29) is 11.9 Å². The number of aromatic nitrogens is 3. The van der Waals surface area contributed by atoms with Crippen molar-refractivity contribution in [2.45, 2.75) is 71.1 Å². The second-order valence-corrected chi connectivity index (χ2v) is 10.1.